The van der Waals surface area contributed by atoms with Gasteiger partial charge in [-0.15, -0.1) is 0 Å². The van der Waals surface area contributed by atoms with Crippen molar-refractivity contribution in [2.45, 2.75) is 12.1 Å². The Bertz CT molecular complexity index is 1580. The lowest BCUT2D eigenvalue weighted by Gasteiger charge is -2.29. The van der Waals surface area contributed by atoms with Crippen molar-refractivity contribution in [3.63, 3.8) is 0 Å². The fourth-order valence-electron chi connectivity index (χ4n) is 4.81. The van der Waals surface area contributed by atoms with Gasteiger partial charge in [-0.2, -0.15) is 8.42 Å². The number of hydrogen-bond donors (Lipinski definition) is 3. The molecule has 0 spiro atoms. The van der Waals surface area contributed by atoms with E-state index < -0.39 is 27.7 Å². The molecule has 13 nitrogen and oxygen atoms in total. The zero-order valence-electron chi connectivity index (χ0n) is 19.4. The zero-order chi connectivity index (χ0) is 25.9. The Morgan fingerprint density at radius 1 is 1.11 bits per heavy atom. The number of fused-ring (bicyclic) bond motifs is 2. The predicted molar refractivity (Wildman–Crippen MR) is 128 cm³/mol. The maximum Gasteiger partial charge on any atom is 0.323 e. The number of imide groups is 1. The largest absolute Gasteiger partial charge is 0.497 e. The first-order valence-corrected chi connectivity index (χ1v) is 12.7. The second-order valence-electron chi connectivity index (χ2n) is 8.84. The fraction of sp³-hybridized carbons (Fsp3) is 0.261. The van der Waals surface area contributed by atoms with Crippen LogP contribution >= 0.6 is 0 Å². The number of urea groups is 1. The number of hydrogen-bond acceptors (Lipinski definition) is 8. The van der Waals surface area contributed by atoms with Crippen molar-refractivity contribution >= 4 is 44.7 Å². The average molecular weight is 528 g/mol. The molecular formula is C23H21N5O8S. The maximum absolute atomic E-state index is 13.2. The van der Waals surface area contributed by atoms with Gasteiger partial charge in [0.15, 0.2) is 5.54 Å². The summed E-state index contributed by atoms with van der Waals surface area (Å²) in [5.41, 5.74) is 0.259. The topological polar surface area (TPSA) is 160 Å². The highest BCUT2D eigenvalue weighted by atomic mass is 32.2. The minimum atomic E-state index is -3.88. The van der Waals surface area contributed by atoms with Crippen LogP contribution in [0.3, 0.4) is 0 Å². The first kappa shape index (κ1) is 23.3. The Morgan fingerprint density at radius 3 is 2.68 bits per heavy atom. The molecule has 0 saturated carbocycles. The zero-order valence-corrected chi connectivity index (χ0v) is 20.3. The Hall–Kier alpha value is -4.14. The fourth-order valence-corrected chi connectivity index (χ4v) is 5.84. The SMILES string of the molecule is COc1ccc2c(c1)C(=O)N(C[C@@]1(c3cc4cc(N5CCONS5(=O)=O)ccc4o3)NC(=O)NC1=O)C2. The first-order valence-electron chi connectivity index (χ1n) is 11.3. The highest BCUT2D eigenvalue weighted by molar-refractivity contribution is 7.90. The van der Waals surface area contributed by atoms with Crippen molar-refractivity contribution in [2.75, 3.05) is 31.1 Å². The third kappa shape index (κ3) is 3.68. The van der Waals surface area contributed by atoms with Crippen LogP contribution < -0.4 is 24.6 Å². The van der Waals surface area contributed by atoms with Gasteiger partial charge in [0.2, 0.25) is 0 Å². The summed E-state index contributed by atoms with van der Waals surface area (Å²) in [5.74, 6) is -0.350. The van der Waals surface area contributed by atoms with Gasteiger partial charge in [0.1, 0.15) is 17.1 Å². The van der Waals surface area contributed by atoms with E-state index in [-0.39, 0.29) is 37.9 Å². The number of carbonyl (C=O) groups is 3. The lowest BCUT2D eigenvalue weighted by atomic mass is 9.95. The molecule has 2 saturated heterocycles. The number of amides is 4. The number of benzene rings is 2. The van der Waals surface area contributed by atoms with Crippen molar-refractivity contribution in [3.05, 3.63) is 59.4 Å². The molecule has 2 fully saturated rings. The van der Waals surface area contributed by atoms with Gasteiger partial charge in [0, 0.05) is 17.5 Å². The average Bonchev–Trinajstić information content (AvgIpc) is 3.52. The number of methoxy groups -OCH3 is 1. The highest BCUT2D eigenvalue weighted by Crippen LogP contribution is 2.36. The number of furan rings is 1. The standard InChI is InChI=1S/C23H21N5O8S/c1-34-16-4-2-13-11-27(20(29)17(13)10-16)12-23(21(30)24-22(31)25-23)19-9-14-8-15(3-5-18(14)36-19)28-6-7-35-26-37(28,32)33/h2-5,8-10,26H,6-7,11-12H2,1H3,(H2,24,25,30,31)/t23-/m0/s1. The molecule has 3 N–H and O–H groups in total. The van der Waals surface area contributed by atoms with Crippen molar-refractivity contribution < 1.29 is 36.8 Å². The number of nitrogens with zero attached hydrogens (tertiary/aromatic N) is 2. The summed E-state index contributed by atoms with van der Waals surface area (Å²) in [6.07, 6.45) is 0. The van der Waals surface area contributed by atoms with Gasteiger partial charge < -0.3 is 19.4 Å². The van der Waals surface area contributed by atoms with Gasteiger partial charge in [-0.1, -0.05) is 11.0 Å². The molecule has 14 heteroatoms. The summed E-state index contributed by atoms with van der Waals surface area (Å²) >= 11 is 0. The van der Waals surface area contributed by atoms with Crippen LogP contribution in [-0.2, 0) is 31.9 Å². The minimum Gasteiger partial charge on any atom is -0.497 e. The molecule has 6 rings (SSSR count). The van der Waals surface area contributed by atoms with E-state index in [0.29, 0.717) is 28.0 Å². The molecule has 1 aromatic heterocycles. The highest BCUT2D eigenvalue weighted by Gasteiger charge is 2.53. The molecule has 0 unspecified atom stereocenters. The number of carbonyl (C=O) groups excluding carboxylic acids is 3. The van der Waals surface area contributed by atoms with Gasteiger partial charge >= 0.3 is 16.2 Å². The van der Waals surface area contributed by atoms with Crippen LogP contribution in [0.25, 0.3) is 11.0 Å². The lowest BCUT2D eigenvalue weighted by molar-refractivity contribution is -0.125. The number of nitrogens with one attached hydrogen (secondary N) is 3. The van der Waals surface area contributed by atoms with Crippen molar-refractivity contribution in [3.8, 4) is 5.75 Å². The number of rotatable bonds is 5. The number of ether oxygens (including phenoxy) is 1. The summed E-state index contributed by atoms with van der Waals surface area (Å²) in [6.45, 7) is 0.307. The van der Waals surface area contributed by atoms with E-state index in [1.165, 1.54) is 12.0 Å². The molecule has 4 amide bonds. The second kappa shape index (κ2) is 8.19. The molecule has 4 heterocycles. The molecule has 37 heavy (non-hydrogen) atoms. The lowest BCUT2D eigenvalue weighted by Crippen LogP contribution is -2.52. The van der Waals surface area contributed by atoms with Gasteiger partial charge in [-0.3, -0.25) is 24.0 Å². The molecular weight excluding hydrogens is 506 g/mol. The summed E-state index contributed by atoms with van der Waals surface area (Å²) < 4.78 is 37.0. The normalized spacial score (nSPS) is 22.8. The van der Waals surface area contributed by atoms with Crippen LogP contribution in [-0.4, -0.2) is 58.0 Å². The molecule has 0 radical (unpaired) electrons. The predicted octanol–water partition coefficient (Wildman–Crippen LogP) is 0.718. The van der Waals surface area contributed by atoms with Crippen molar-refractivity contribution in [1.29, 1.82) is 0 Å². The van der Waals surface area contributed by atoms with E-state index in [9.17, 15) is 22.8 Å². The first-order chi connectivity index (χ1) is 17.7. The van der Waals surface area contributed by atoms with Gasteiger partial charge in [-0.05, 0) is 42.0 Å². The monoisotopic (exact) mass is 527 g/mol. The molecule has 192 valence electrons. The quantitative estimate of drug-likeness (QED) is 0.409. The Morgan fingerprint density at radius 2 is 1.95 bits per heavy atom. The summed E-state index contributed by atoms with van der Waals surface area (Å²) in [5, 5.41) is 5.38. The minimum absolute atomic E-state index is 0.104. The van der Waals surface area contributed by atoms with Crippen LogP contribution in [0.1, 0.15) is 21.7 Å². The van der Waals surface area contributed by atoms with E-state index >= 15 is 0 Å². The molecule has 0 aliphatic carbocycles. The molecule has 3 aliphatic rings. The smallest absolute Gasteiger partial charge is 0.323 e. The van der Waals surface area contributed by atoms with E-state index in [1.54, 1.807) is 42.5 Å². The van der Waals surface area contributed by atoms with Crippen LogP contribution in [0.2, 0.25) is 0 Å². The third-order valence-electron chi connectivity index (χ3n) is 6.62. The third-order valence-corrected chi connectivity index (χ3v) is 7.93. The van der Waals surface area contributed by atoms with E-state index in [0.717, 1.165) is 9.87 Å². The van der Waals surface area contributed by atoms with Gasteiger partial charge in [0.05, 0.1) is 32.5 Å². The summed E-state index contributed by atoms with van der Waals surface area (Å²) in [6, 6.07) is 10.7. The van der Waals surface area contributed by atoms with Crippen LogP contribution in [0.4, 0.5) is 10.5 Å². The van der Waals surface area contributed by atoms with E-state index in [4.69, 9.17) is 14.0 Å². The van der Waals surface area contributed by atoms with E-state index in [1.807, 2.05) is 4.89 Å². The summed E-state index contributed by atoms with van der Waals surface area (Å²) in [4.78, 5) is 46.8. The van der Waals surface area contributed by atoms with Crippen LogP contribution in [0.5, 0.6) is 5.75 Å². The Balaban J connectivity index is 1.37. The van der Waals surface area contributed by atoms with Crippen LogP contribution in [0.15, 0.2) is 46.9 Å². The van der Waals surface area contributed by atoms with E-state index in [2.05, 4.69) is 10.6 Å². The Kier molecular flexibility index (Phi) is 5.15. The number of anilines is 1. The molecule has 3 aliphatic heterocycles. The van der Waals surface area contributed by atoms with Crippen molar-refractivity contribution in [1.82, 2.24) is 20.4 Å². The molecule has 2 aromatic carbocycles. The van der Waals surface area contributed by atoms with Gasteiger partial charge in [0.25, 0.3) is 11.8 Å². The summed E-state index contributed by atoms with van der Waals surface area (Å²) in [7, 11) is -2.37. The Labute approximate surface area is 210 Å². The maximum atomic E-state index is 13.2. The van der Waals surface area contributed by atoms with Gasteiger partial charge in [-0.25, -0.2) is 4.79 Å². The van der Waals surface area contributed by atoms with Crippen LogP contribution in [0, 0.1) is 0 Å². The molecule has 1 atom stereocenters. The second-order valence-corrected chi connectivity index (χ2v) is 10.4. The van der Waals surface area contributed by atoms with Crippen molar-refractivity contribution in [2.24, 2.45) is 0 Å². The molecule has 0 bridgehead atoms. The molecule has 3 aromatic rings.